The van der Waals surface area contributed by atoms with Crippen LogP contribution in [0.15, 0.2) is 41.3 Å². The van der Waals surface area contributed by atoms with Crippen molar-refractivity contribution in [2.45, 2.75) is 6.92 Å². The van der Waals surface area contributed by atoms with Gasteiger partial charge in [0.05, 0.1) is 12.2 Å². The minimum atomic E-state index is -0.504. The Labute approximate surface area is 157 Å². The van der Waals surface area contributed by atoms with Crippen LogP contribution in [0.4, 0.5) is 5.69 Å². The van der Waals surface area contributed by atoms with Crippen molar-refractivity contribution < 1.29 is 19.1 Å². The Morgan fingerprint density at radius 3 is 2.26 bits per heavy atom. The topological polar surface area (TPSA) is 89.9 Å². The molecule has 0 fully saturated rings. The average Bonchev–Trinajstić information content (AvgIpc) is 2.64. The molecule has 0 aliphatic heterocycles. The van der Waals surface area contributed by atoms with Crippen molar-refractivity contribution in [2.24, 2.45) is 7.05 Å². The van der Waals surface area contributed by atoms with Gasteiger partial charge in [0.1, 0.15) is 17.2 Å². The first-order chi connectivity index (χ1) is 12.8. The van der Waals surface area contributed by atoms with Crippen molar-refractivity contribution in [1.82, 2.24) is 9.47 Å². The lowest BCUT2D eigenvalue weighted by atomic mass is 10.2. The Kier molecular flexibility index (Phi) is 6.59. The molecule has 0 aliphatic carbocycles. The highest BCUT2D eigenvalue weighted by Gasteiger charge is 2.14. The van der Waals surface area contributed by atoms with Crippen LogP contribution in [0, 0.1) is 0 Å². The van der Waals surface area contributed by atoms with Gasteiger partial charge in [0.2, 0.25) is 0 Å². The molecule has 1 aromatic heterocycles. The molecule has 1 heterocycles. The first-order valence-corrected chi connectivity index (χ1v) is 8.39. The third-order valence-electron chi connectivity index (χ3n) is 3.62. The molecule has 2 amide bonds. The van der Waals surface area contributed by atoms with Crippen molar-refractivity contribution in [3.8, 4) is 11.5 Å². The van der Waals surface area contributed by atoms with E-state index in [1.54, 1.807) is 38.4 Å². The Hall–Kier alpha value is -3.29. The van der Waals surface area contributed by atoms with Gasteiger partial charge in [-0.1, -0.05) is 0 Å². The quantitative estimate of drug-likeness (QED) is 0.794. The summed E-state index contributed by atoms with van der Waals surface area (Å²) < 4.78 is 12.0. The van der Waals surface area contributed by atoms with Gasteiger partial charge in [-0.05, 0) is 37.3 Å². The summed E-state index contributed by atoms with van der Waals surface area (Å²) in [5.41, 5.74) is -0.102. The van der Waals surface area contributed by atoms with E-state index in [4.69, 9.17) is 9.47 Å². The van der Waals surface area contributed by atoms with E-state index in [1.807, 2.05) is 6.92 Å². The van der Waals surface area contributed by atoms with Gasteiger partial charge in [-0.2, -0.15) is 0 Å². The van der Waals surface area contributed by atoms with Crippen LogP contribution in [0.1, 0.15) is 17.3 Å². The monoisotopic (exact) mass is 373 g/mol. The third-order valence-corrected chi connectivity index (χ3v) is 3.62. The van der Waals surface area contributed by atoms with E-state index in [0.717, 1.165) is 0 Å². The molecule has 27 heavy (non-hydrogen) atoms. The number of rotatable bonds is 7. The maximum Gasteiger partial charge on any atom is 0.274 e. The molecule has 2 rings (SSSR count). The molecule has 1 N–H and O–H groups in total. The fourth-order valence-corrected chi connectivity index (χ4v) is 2.31. The molecule has 0 saturated carbocycles. The fourth-order valence-electron chi connectivity index (χ4n) is 2.31. The molecular formula is C19H23N3O5. The summed E-state index contributed by atoms with van der Waals surface area (Å²) in [5.74, 6) is 0.431. The molecule has 0 atom stereocenters. The first kappa shape index (κ1) is 20.0. The van der Waals surface area contributed by atoms with E-state index in [1.165, 1.54) is 28.8 Å². The van der Waals surface area contributed by atoms with E-state index in [2.05, 4.69) is 5.32 Å². The number of hydrogen-bond acceptors (Lipinski definition) is 5. The number of carbonyl (C=O) groups excluding carboxylic acids is 2. The molecule has 0 bridgehead atoms. The van der Waals surface area contributed by atoms with E-state index < -0.39 is 11.5 Å². The number of nitrogens with one attached hydrogen (secondary N) is 1. The van der Waals surface area contributed by atoms with Crippen molar-refractivity contribution in [2.75, 3.05) is 32.6 Å². The number of benzene rings is 1. The molecule has 0 saturated heterocycles. The van der Waals surface area contributed by atoms with Crippen LogP contribution in [0.3, 0.4) is 0 Å². The summed E-state index contributed by atoms with van der Waals surface area (Å²) in [6, 6.07) is 8.21. The molecule has 1 aromatic carbocycles. The van der Waals surface area contributed by atoms with Gasteiger partial charge in [0.15, 0.2) is 6.61 Å². The van der Waals surface area contributed by atoms with Crippen LogP contribution in [-0.4, -0.2) is 48.6 Å². The summed E-state index contributed by atoms with van der Waals surface area (Å²) in [6.07, 6.45) is 1.43. The van der Waals surface area contributed by atoms with Crippen molar-refractivity contribution in [3.05, 3.63) is 52.4 Å². The summed E-state index contributed by atoms with van der Waals surface area (Å²) in [7, 11) is 4.73. The van der Waals surface area contributed by atoms with Crippen molar-refractivity contribution in [3.63, 3.8) is 0 Å². The Balaban J connectivity index is 2.04. The SMILES string of the molecule is CCOc1ccc(OCC(=O)Nc2cc(C(=O)N(C)C)cn(C)c2=O)cc1. The van der Waals surface area contributed by atoms with E-state index in [-0.39, 0.29) is 18.2 Å². The summed E-state index contributed by atoms with van der Waals surface area (Å²) in [4.78, 5) is 37.8. The number of aromatic nitrogens is 1. The predicted octanol–water partition coefficient (Wildman–Crippen LogP) is 1.50. The maximum atomic E-state index is 12.2. The normalized spacial score (nSPS) is 10.2. The van der Waals surface area contributed by atoms with Crippen molar-refractivity contribution >= 4 is 17.5 Å². The average molecular weight is 373 g/mol. The van der Waals surface area contributed by atoms with Crippen LogP contribution in [0.2, 0.25) is 0 Å². The van der Waals surface area contributed by atoms with Crippen LogP contribution >= 0.6 is 0 Å². The highest BCUT2D eigenvalue weighted by molar-refractivity contribution is 5.96. The number of amides is 2. The van der Waals surface area contributed by atoms with Crippen LogP contribution in [0.5, 0.6) is 11.5 Å². The molecule has 0 radical (unpaired) electrons. The number of carbonyl (C=O) groups is 2. The third kappa shape index (κ3) is 5.34. The van der Waals surface area contributed by atoms with E-state index in [9.17, 15) is 14.4 Å². The number of anilines is 1. The largest absolute Gasteiger partial charge is 0.494 e. The van der Waals surface area contributed by atoms with Crippen LogP contribution in [0.25, 0.3) is 0 Å². The molecule has 0 unspecified atom stereocenters. The number of hydrogen-bond donors (Lipinski definition) is 1. The molecule has 144 valence electrons. The molecule has 0 aliphatic rings. The molecule has 0 spiro atoms. The summed E-state index contributed by atoms with van der Waals surface area (Å²) in [5, 5.41) is 2.49. The standard InChI is InChI=1S/C19H23N3O5/c1-5-26-14-6-8-15(9-7-14)27-12-17(23)20-16-10-13(18(24)21(2)3)11-22(4)19(16)25/h6-11H,5,12H2,1-4H3,(H,20,23). The number of pyridine rings is 1. The first-order valence-electron chi connectivity index (χ1n) is 8.39. The minimum Gasteiger partial charge on any atom is -0.494 e. The Morgan fingerprint density at radius 2 is 1.70 bits per heavy atom. The number of nitrogens with zero attached hydrogens (tertiary/aromatic N) is 2. The zero-order valence-corrected chi connectivity index (χ0v) is 15.8. The van der Waals surface area contributed by atoms with Gasteiger partial charge < -0.3 is 24.3 Å². The lowest BCUT2D eigenvalue weighted by molar-refractivity contribution is -0.118. The van der Waals surface area contributed by atoms with Crippen molar-refractivity contribution in [1.29, 1.82) is 0 Å². The lowest BCUT2D eigenvalue weighted by Crippen LogP contribution is -2.29. The fraction of sp³-hybridized carbons (Fsp3) is 0.316. The highest BCUT2D eigenvalue weighted by Crippen LogP contribution is 2.17. The molecule has 2 aromatic rings. The Bertz CT molecular complexity index is 872. The molecule has 8 heteroatoms. The second kappa shape index (κ2) is 8.88. The van der Waals surface area contributed by atoms with Gasteiger partial charge in [-0.3, -0.25) is 14.4 Å². The van der Waals surface area contributed by atoms with Gasteiger partial charge in [-0.25, -0.2) is 0 Å². The van der Waals surface area contributed by atoms with Gasteiger partial charge in [0.25, 0.3) is 17.4 Å². The van der Waals surface area contributed by atoms with Gasteiger partial charge in [0, 0.05) is 27.3 Å². The summed E-state index contributed by atoms with van der Waals surface area (Å²) in [6.45, 7) is 2.18. The van der Waals surface area contributed by atoms with Gasteiger partial charge in [-0.15, -0.1) is 0 Å². The highest BCUT2D eigenvalue weighted by atomic mass is 16.5. The smallest absolute Gasteiger partial charge is 0.274 e. The van der Waals surface area contributed by atoms with Crippen LogP contribution < -0.4 is 20.3 Å². The number of aryl methyl sites for hydroxylation is 1. The maximum absolute atomic E-state index is 12.2. The van der Waals surface area contributed by atoms with E-state index in [0.29, 0.717) is 23.7 Å². The Morgan fingerprint density at radius 1 is 1.11 bits per heavy atom. The second-order valence-corrected chi connectivity index (χ2v) is 6.00. The van der Waals surface area contributed by atoms with Gasteiger partial charge >= 0.3 is 0 Å². The van der Waals surface area contributed by atoms with Crippen LogP contribution in [-0.2, 0) is 11.8 Å². The zero-order chi connectivity index (χ0) is 20.0. The molecular weight excluding hydrogens is 350 g/mol. The predicted molar refractivity (Wildman–Crippen MR) is 101 cm³/mol. The minimum absolute atomic E-state index is 0.0190. The second-order valence-electron chi connectivity index (χ2n) is 6.00. The lowest BCUT2D eigenvalue weighted by Gasteiger charge is -2.13. The number of ether oxygens (including phenoxy) is 2. The summed E-state index contributed by atoms with van der Waals surface area (Å²) >= 11 is 0. The van der Waals surface area contributed by atoms with E-state index >= 15 is 0 Å². The molecule has 8 nitrogen and oxygen atoms in total. The zero-order valence-electron chi connectivity index (χ0n) is 15.8.